The monoisotopic (exact) mass is 358 g/mol. The molecule has 0 spiro atoms. The average molecular weight is 359 g/mol. The highest BCUT2D eigenvalue weighted by Crippen LogP contribution is 2.20. The third kappa shape index (κ3) is 5.36. The lowest BCUT2D eigenvalue weighted by Gasteiger charge is -2.27. The maximum absolute atomic E-state index is 12.5. The van der Waals surface area contributed by atoms with Gasteiger partial charge in [0.05, 0.1) is 11.2 Å². The van der Waals surface area contributed by atoms with E-state index in [-0.39, 0.29) is 11.8 Å². The minimum Gasteiger partial charge on any atom is -0.326 e. The number of amides is 1. The highest BCUT2D eigenvalue weighted by atomic mass is 32.1. The molecule has 1 aliphatic heterocycles. The zero-order chi connectivity index (χ0) is 17.6. The number of benzene rings is 1. The number of nitrogens with one attached hydrogen (secondary N) is 2. The topological polar surface area (TPSA) is 57.3 Å². The lowest BCUT2D eigenvalue weighted by molar-refractivity contribution is -0.120. The lowest BCUT2D eigenvalue weighted by atomic mass is 9.92. The van der Waals surface area contributed by atoms with Gasteiger partial charge in [-0.1, -0.05) is 12.1 Å². The van der Waals surface area contributed by atoms with Crippen molar-refractivity contribution in [2.24, 2.45) is 5.92 Å². The maximum Gasteiger partial charge on any atom is 0.227 e. The van der Waals surface area contributed by atoms with Gasteiger partial charge in [0, 0.05) is 36.1 Å². The molecule has 2 atom stereocenters. The summed E-state index contributed by atoms with van der Waals surface area (Å²) in [5, 5.41) is 8.56. The van der Waals surface area contributed by atoms with E-state index in [0.717, 1.165) is 43.9 Å². The normalized spacial score (nSPS) is 20.6. The second kappa shape index (κ2) is 8.56. The summed E-state index contributed by atoms with van der Waals surface area (Å²) in [6.07, 6.45) is 1.81. The standard InChI is InChI=1S/C19H26N4OS/c1-14-8-16(6-7-20-14)19(24)22-17-5-3-4-15(9-17)10-23(2)11-18-12-25-13-21-18/h3-5,9,12-14,16,20H,6-8,10-11H2,1-2H3,(H,22,24)/t14-,16-/m0/s1. The van der Waals surface area contributed by atoms with E-state index in [9.17, 15) is 4.79 Å². The van der Waals surface area contributed by atoms with Crippen LogP contribution >= 0.6 is 11.3 Å². The molecule has 0 saturated carbocycles. The first-order chi connectivity index (χ1) is 12.1. The molecule has 2 aromatic rings. The summed E-state index contributed by atoms with van der Waals surface area (Å²) in [6, 6.07) is 8.55. The smallest absolute Gasteiger partial charge is 0.227 e. The van der Waals surface area contributed by atoms with Crippen molar-refractivity contribution in [3.05, 3.63) is 46.4 Å². The Kier molecular flexibility index (Phi) is 6.18. The molecule has 2 N–H and O–H groups in total. The largest absolute Gasteiger partial charge is 0.326 e. The van der Waals surface area contributed by atoms with Crippen molar-refractivity contribution in [1.29, 1.82) is 0 Å². The second-order valence-electron chi connectivity index (χ2n) is 6.92. The molecular formula is C19H26N4OS. The van der Waals surface area contributed by atoms with Gasteiger partial charge in [-0.2, -0.15) is 0 Å². The predicted molar refractivity (Wildman–Crippen MR) is 103 cm³/mol. The number of hydrogen-bond donors (Lipinski definition) is 2. The molecule has 3 rings (SSSR count). The first-order valence-electron chi connectivity index (χ1n) is 8.79. The van der Waals surface area contributed by atoms with Crippen molar-refractivity contribution in [2.45, 2.75) is 38.9 Å². The van der Waals surface area contributed by atoms with E-state index in [4.69, 9.17) is 0 Å². The molecule has 0 unspecified atom stereocenters. The van der Waals surface area contributed by atoms with Crippen LogP contribution < -0.4 is 10.6 Å². The molecule has 134 valence electrons. The first kappa shape index (κ1) is 18.0. The molecule has 1 saturated heterocycles. The predicted octanol–water partition coefficient (Wildman–Crippen LogP) is 3.10. The number of hydrogen-bond acceptors (Lipinski definition) is 5. The molecule has 1 aromatic carbocycles. The van der Waals surface area contributed by atoms with E-state index in [0.29, 0.717) is 6.04 Å². The summed E-state index contributed by atoms with van der Waals surface area (Å²) < 4.78 is 0. The van der Waals surface area contributed by atoms with Crippen LogP contribution in [0.25, 0.3) is 0 Å². The lowest BCUT2D eigenvalue weighted by Crippen LogP contribution is -2.40. The van der Waals surface area contributed by atoms with E-state index in [1.165, 1.54) is 5.56 Å². The quantitative estimate of drug-likeness (QED) is 0.833. The number of piperidine rings is 1. The van der Waals surface area contributed by atoms with Gasteiger partial charge in [0.1, 0.15) is 0 Å². The SMILES string of the molecule is C[C@H]1C[C@@H](C(=O)Nc2cccc(CN(C)Cc3cscn3)c2)CCN1. The highest BCUT2D eigenvalue weighted by Gasteiger charge is 2.24. The zero-order valence-electron chi connectivity index (χ0n) is 14.9. The van der Waals surface area contributed by atoms with Gasteiger partial charge in [0.2, 0.25) is 5.91 Å². The van der Waals surface area contributed by atoms with Crippen molar-refractivity contribution in [1.82, 2.24) is 15.2 Å². The summed E-state index contributed by atoms with van der Waals surface area (Å²) in [6.45, 7) is 4.71. The molecule has 1 fully saturated rings. The summed E-state index contributed by atoms with van der Waals surface area (Å²) in [5.74, 6) is 0.244. The van der Waals surface area contributed by atoms with Crippen molar-refractivity contribution < 1.29 is 4.79 Å². The van der Waals surface area contributed by atoms with Gasteiger partial charge in [0.25, 0.3) is 0 Å². The van der Waals surface area contributed by atoms with E-state index in [1.807, 2.05) is 17.6 Å². The van der Waals surface area contributed by atoms with Crippen LogP contribution in [0.2, 0.25) is 0 Å². The Morgan fingerprint density at radius 2 is 2.32 bits per heavy atom. The molecule has 1 aromatic heterocycles. The summed E-state index contributed by atoms with van der Waals surface area (Å²) in [4.78, 5) is 19.1. The fourth-order valence-corrected chi connectivity index (χ4v) is 3.87. The number of rotatable bonds is 6. The molecule has 1 aliphatic rings. The van der Waals surface area contributed by atoms with Crippen molar-refractivity contribution in [3.63, 3.8) is 0 Å². The van der Waals surface area contributed by atoms with Crippen molar-refractivity contribution >= 4 is 22.9 Å². The molecule has 25 heavy (non-hydrogen) atoms. The van der Waals surface area contributed by atoms with Crippen LogP contribution in [-0.2, 0) is 17.9 Å². The summed E-state index contributed by atoms with van der Waals surface area (Å²) in [5.41, 5.74) is 5.03. The Bertz CT molecular complexity index is 688. The Balaban J connectivity index is 1.56. The Labute approximate surface area is 153 Å². The molecule has 1 amide bonds. The molecule has 5 nitrogen and oxygen atoms in total. The van der Waals surface area contributed by atoms with Gasteiger partial charge in [-0.15, -0.1) is 11.3 Å². The first-order valence-corrected chi connectivity index (χ1v) is 9.73. The number of carbonyl (C=O) groups is 1. The van der Waals surface area contributed by atoms with Gasteiger partial charge in [-0.05, 0) is 51.1 Å². The van der Waals surface area contributed by atoms with Crippen LogP contribution in [0.4, 0.5) is 5.69 Å². The molecular weight excluding hydrogens is 332 g/mol. The van der Waals surface area contributed by atoms with Crippen molar-refractivity contribution in [2.75, 3.05) is 18.9 Å². The fraction of sp³-hybridized carbons (Fsp3) is 0.474. The molecule has 6 heteroatoms. The fourth-order valence-electron chi connectivity index (χ4n) is 3.32. The van der Waals surface area contributed by atoms with Crippen LogP contribution in [0.3, 0.4) is 0 Å². The number of aromatic nitrogens is 1. The zero-order valence-corrected chi connectivity index (χ0v) is 15.7. The van der Waals surface area contributed by atoms with E-state index >= 15 is 0 Å². The average Bonchev–Trinajstić information content (AvgIpc) is 3.08. The molecule has 0 radical (unpaired) electrons. The van der Waals surface area contributed by atoms with Crippen LogP contribution in [-0.4, -0.2) is 35.4 Å². The van der Waals surface area contributed by atoms with Gasteiger partial charge in [-0.3, -0.25) is 9.69 Å². The number of anilines is 1. The Morgan fingerprint density at radius 1 is 1.44 bits per heavy atom. The Morgan fingerprint density at radius 3 is 3.08 bits per heavy atom. The Hall–Kier alpha value is -1.76. The van der Waals surface area contributed by atoms with Gasteiger partial charge in [-0.25, -0.2) is 4.98 Å². The second-order valence-corrected chi connectivity index (χ2v) is 7.64. The minimum absolute atomic E-state index is 0.104. The molecule has 0 aliphatic carbocycles. The van der Waals surface area contributed by atoms with Crippen LogP contribution in [0.1, 0.15) is 31.0 Å². The molecule has 2 heterocycles. The highest BCUT2D eigenvalue weighted by molar-refractivity contribution is 7.07. The van der Waals surface area contributed by atoms with Crippen molar-refractivity contribution in [3.8, 4) is 0 Å². The minimum atomic E-state index is 0.104. The third-order valence-corrected chi connectivity index (χ3v) is 5.19. The number of thiazole rings is 1. The van der Waals surface area contributed by atoms with Crippen LogP contribution in [0.15, 0.2) is 35.2 Å². The maximum atomic E-state index is 12.5. The number of nitrogens with zero attached hydrogens (tertiary/aromatic N) is 2. The van der Waals surface area contributed by atoms with Crippen LogP contribution in [0, 0.1) is 5.92 Å². The summed E-state index contributed by atoms with van der Waals surface area (Å²) in [7, 11) is 2.08. The van der Waals surface area contributed by atoms with Crippen LogP contribution in [0.5, 0.6) is 0 Å². The molecule has 0 bridgehead atoms. The van der Waals surface area contributed by atoms with Gasteiger partial charge >= 0.3 is 0 Å². The number of carbonyl (C=O) groups excluding carboxylic acids is 1. The van der Waals surface area contributed by atoms with Gasteiger partial charge < -0.3 is 10.6 Å². The van der Waals surface area contributed by atoms with E-state index in [1.54, 1.807) is 11.3 Å². The van der Waals surface area contributed by atoms with Gasteiger partial charge in [0.15, 0.2) is 0 Å². The third-order valence-electron chi connectivity index (χ3n) is 4.56. The van der Waals surface area contributed by atoms with E-state index < -0.39 is 0 Å². The summed E-state index contributed by atoms with van der Waals surface area (Å²) >= 11 is 1.62. The van der Waals surface area contributed by atoms with E-state index in [2.05, 4.69) is 52.0 Å².